The molecule has 0 radical (unpaired) electrons. The number of fused-ring (bicyclic) bond motifs is 2. The molecule has 0 aliphatic carbocycles. The molecule has 1 aromatic rings. The van der Waals surface area contributed by atoms with Gasteiger partial charge in [-0.1, -0.05) is 30.3 Å². The maximum atomic E-state index is 2.49. The van der Waals surface area contributed by atoms with E-state index in [1.807, 2.05) is 0 Å². The molecule has 2 nitrogen and oxygen atoms in total. The molecule has 3 rings (SSSR count). The van der Waals surface area contributed by atoms with Crippen LogP contribution in [0, 0.1) is 0 Å². The van der Waals surface area contributed by atoms with Crippen LogP contribution in [0.15, 0.2) is 30.3 Å². The van der Waals surface area contributed by atoms with E-state index in [0.717, 1.165) is 12.1 Å². The number of hydrogen-bond donors (Lipinski definition) is 0. The molecule has 1 N–H and O–H groups in total. The van der Waals surface area contributed by atoms with E-state index in [1.54, 1.807) is 0 Å². The van der Waals surface area contributed by atoms with Crippen LogP contribution in [0.3, 0.4) is 0 Å². The SMILES string of the molecule is C[N+]1(Cc2ccccc2)C2CCCC1CC2.[OH-]. The second kappa shape index (κ2) is 4.79. The molecule has 94 valence electrons. The van der Waals surface area contributed by atoms with Crippen LogP contribution < -0.4 is 0 Å². The minimum atomic E-state index is 0. The Labute approximate surface area is 104 Å². The van der Waals surface area contributed by atoms with Crippen molar-refractivity contribution >= 4 is 0 Å². The van der Waals surface area contributed by atoms with Crippen molar-refractivity contribution in [3.8, 4) is 0 Å². The zero-order valence-corrected chi connectivity index (χ0v) is 10.7. The molecule has 2 fully saturated rings. The molecule has 2 heterocycles. The number of hydrogen-bond acceptors (Lipinski definition) is 1. The summed E-state index contributed by atoms with van der Waals surface area (Å²) in [5.41, 5.74) is 1.52. The van der Waals surface area contributed by atoms with E-state index in [0.29, 0.717) is 0 Å². The molecule has 2 aliphatic rings. The van der Waals surface area contributed by atoms with Crippen LogP contribution >= 0.6 is 0 Å². The first-order valence-corrected chi connectivity index (χ1v) is 6.68. The van der Waals surface area contributed by atoms with Crippen LogP contribution in [0.4, 0.5) is 0 Å². The molecule has 17 heavy (non-hydrogen) atoms. The third kappa shape index (κ3) is 2.12. The summed E-state index contributed by atoms with van der Waals surface area (Å²) in [6, 6.07) is 12.9. The highest BCUT2D eigenvalue weighted by Gasteiger charge is 2.48. The molecule has 1 aromatic carbocycles. The first kappa shape index (κ1) is 12.6. The predicted molar refractivity (Wildman–Crippen MR) is 68.9 cm³/mol. The van der Waals surface area contributed by atoms with Gasteiger partial charge in [-0.2, -0.15) is 0 Å². The molecule has 0 aromatic heterocycles. The maximum absolute atomic E-state index is 2.49. The van der Waals surface area contributed by atoms with Crippen molar-refractivity contribution < 1.29 is 9.96 Å². The van der Waals surface area contributed by atoms with E-state index >= 15 is 0 Å². The highest BCUT2D eigenvalue weighted by molar-refractivity contribution is 5.13. The van der Waals surface area contributed by atoms with E-state index in [4.69, 9.17) is 0 Å². The van der Waals surface area contributed by atoms with Crippen molar-refractivity contribution in [2.75, 3.05) is 7.05 Å². The molecule has 2 unspecified atom stereocenters. The van der Waals surface area contributed by atoms with Crippen LogP contribution in [-0.2, 0) is 6.54 Å². The van der Waals surface area contributed by atoms with Crippen LogP contribution in [0.1, 0.15) is 37.7 Å². The Kier molecular flexibility index (Phi) is 3.55. The fourth-order valence-electron chi connectivity index (χ4n) is 3.98. The van der Waals surface area contributed by atoms with Crippen LogP contribution in [0.25, 0.3) is 0 Å². The first-order valence-electron chi connectivity index (χ1n) is 6.68. The number of nitrogens with zero attached hydrogens (tertiary/aromatic N) is 1. The lowest BCUT2D eigenvalue weighted by Gasteiger charge is -2.44. The Bertz CT molecular complexity index is 346. The molecule has 0 saturated carbocycles. The lowest BCUT2D eigenvalue weighted by atomic mass is 9.98. The summed E-state index contributed by atoms with van der Waals surface area (Å²) in [5, 5.41) is 0. The molecule has 2 bridgehead atoms. The summed E-state index contributed by atoms with van der Waals surface area (Å²) >= 11 is 0. The van der Waals surface area contributed by atoms with E-state index < -0.39 is 0 Å². The molecule has 0 spiro atoms. The highest BCUT2D eigenvalue weighted by Crippen LogP contribution is 2.42. The minimum Gasteiger partial charge on any atom is -0.870 e. The van der Waals surface area contributed by atoms with Crippen molar-refractivity contribution in [2.24, 2.45) is 0 Å². The molecule has 2 aliphatic heterocycles. The zero-order valence-electron chi connectivity index (χ0n) is 10.7. The van der Waals surface area contributed by atoms with E-state index in [9.17, 15) is 0 Å². The number of rotatable bonds is 2. The van der Waals surface area contributed by atoms with Gasteiger partial charge in [-0.25, -0.2) is 0 Å². The first-order chi connectivity index (χ1) is 7.79. The third-order valence-electron chi connectivity index (χ3n) is 4.94. The van der Waals surface area contributed by atoms with Crippen molar-refractivity contribution in [2.45, 2.75) is 50.7 Å². The highest BCUT2D eigenvalue weighted by atomic mass is 16.0. The number of piperidine rings is 1. The quantitative estimate of drug-likeness (QED) is 0.722. The van der Waals surface area contributed by atoms with Crippen molar-refractivity contribution in [1.82, 2.24) is 0 Å². The van der Waals surface area contributed by atoms with Crippen LogP contribution in [0.2, 0.25) is 0 Å². The van der Waals surface area contributed by atoms with Gasteiger partial charge in [0.2, 0.25) is 0 Å². The molecular formula is C15H23NO. The monoisotopic (exact) mass is 233 g/mol. The predicted octanol–water partition coefficient (Wildman–Crippen LogP) is 3.17. The molecule has 2 saturated heterocycles. The van der Waals surface area contributed by atoms with Crippen molar-refractivity contribution in [1.29, 1.82) is 0 Å². The van der Waals surface area contributed by atoms with Gasteiger partial charge < -0.3 is 9.96 Å². The van der Waals surface area contributed by atoms with Gasteiger partial charge >= 0.3 is 0 Å². The number of quaternary nitrogens is 1. The smallest absolute Gasteiger partial charge is 0.105 e. The number of benzene rings is 1. The van der Waals surface area contributed by atoms with Crippen molar-refractivity contribution in [3.05, 3.63) is 35.9 Å². The van der Waals surface area contributed by atoms with Gasteiger partial charge in [0, 0.05) is 18.4 Å². The lowest BCUT2D eigenvalue weighted by molar-refractivity contribution is -0.960. The topological polar surface area (TPSA) is 30.0 Å². The summed E-state index contributed by atoms with van der Waals surface area (Å²) in [5.74, 6) is 0. The summed E-state index contributed by atoms with van der Waals surface area (Å²) in [6.07, 6.45) is 7.32. The largest absolute Gasteiger partial charge is 0.870 e. The second-order valence-corrected chi connectivity index (χ2v) is 5.81. The molecule has 2 atom stereocenters. The average Bonchev–Trinajstić information content (AvgIpc) is 2.52. The van der Waals surface area contributed by atoms with Gasteiger partial charge in [0.25, 0.3) is 0 Å². The van der Waals surface area contributed by atoms with Gasteiger partial charge in [-0.3, -0.25) is 0 Å². The summed E-state index contributed by atoms with van der Waals surface area (Å²) in [4.78, 5) is 0. The van der Waals surface area contributed by atoms with Gasteiger partial charge in [-0.05, 0) is 19.3 Å². The summed E-state index contributed by atoms with van der Waals surface area (Å²) in [7, 11) is 2.49. The Morgan fingerprint density at radius 3 is 2.18 bits per heavy atom. The van der Waals surface area contributed by atoms with E-state index in [2.05, 4.69) is 37.4 Å². The van der Waals surface area contributed by atoms with Crippen molar-refractivity contribution in [3.63, 3.8) is 0 Å². The Hall–Kier alpha value is -0.860. The normalized spacial score (nSPS) is 35.4. The second-order valence-electron chi connectivity index (χ2n) is 5.81. The summed E-state index contributed by atoms with van der Waals surface area (Å²) < 4.78 is 1.32. The van der Waals surface area contributed by atoms with Gasteiger partial charge in [0.15, 0.2) is 0 Å². The zero-order chi connectivity index (χ0) is 11.0. The van der Waals surface area contributed by atoms with Crippen LogP contribution in [0.5, 0.6) is 0 Å². The van der Waals surface area contributed by atoms with Gasteiger partial charge in [-0.15, -0.1) is 0 Å². The molecule has 0 amide bonds. The third-order valence-corrected chi connectivity index (χ3v) is 4.94. The average molecular weight is 233 g/mol. The molecule has 2 heteroatoms. The van der Waals surface area contributed by atoms with E-state index in [-0.39, 0.29) is 5.48 Å². The maximum Gasteiger partial charge on any atom is 0.105 e. The lowest BCUT2D eigenvalue weighted by Crippen LogP contribution is -2.54. The fourth-order valence-corrected chi connectivity index (χ4v) is 3.98. The Balaban J connectivity index is 0.00000108. The van der Waals surface area contributed by atoms with Crippen LogP contribution in [-0.4, -0.2) is 29.1 Å². The Morgan fingerprint density at radius 1 is 1.00 bits per heavy atom. The summed E-state index contributed by atoms with van der Waals surface area (Å²) in [6.45, 7) is 1.25. The minimum absolute atomic E-state index is 0. The molecular weight excluding hydrogens is 210 g/mol. The standard InChI is InChI=1S/C15H22N.H2O/c1-16(12-13-6-3-2-4-7-13)14-8-5-9-15(16)11-10-14;/h2-4,6-7,14-15H,5,8-12H2,1H3;1H2/q+1;/p-1. The van der Waals surface area contributed by atoms with Gasteiger partial charge in [0.1, 0.15) is 6.54 Å². The van der Waals surface area contributed by atoms with Gasteiger partial charge in [0.05, 0.1) is 19.1 Å². The fraction of sp³-hybridized carbons (Fsp3) is 0.600. The Morgan fingerprint density at radius 2 is 1.59 bits per heavy atom. The van der Waals surface area contributed by atoms with E-state index in [1.165, 1.54) is 48.7 Å².